The summed E-state index contributed by atoms with van der Waals surface area (Å²) in [4.78, 5) is 16.0. The summed E-state index contributed by atoms with van der Waals surface area (Å²) in [6.45, 7) is 0. The van der Waals surface area contributed by atoms with Crippen LogP contribution in [0.2, 0.25) is 0 Å². The Morgan fingerprint density at radius 1 is 1.17 bits per heavy atom. The second kappa shape index (κ2) is 6.14. The zero-order valence-electron chi connectivity index (χ0n) is 13.0. The molecule has 2 N–H and O–H groups in total. The number of rotatable bonds is 4. The monoisotopic (exact) mass is 310 g/mol. The lowest BCUT2D eigenvalue weighted by molar-refractivity contribution is 0.144. The molecule has 0 saturated carbocycles. The molecule has 3 rings (SSSR count). The largest absolute Gasteiger partial charge is 0.511 e. The molecule has 1 atom stereocenters. The third-order valence-electron chi connectivity index (χ3n) is 3.82. The van der Waals surface area contributed by atoms with Crippen molar-refractivity contribution in [2.75, 3.05) is 14.1 Å². The van der Waals surface area contributed by atoms with Gasteiger partial charge >= 0.3 is 6.16 Å². The van der Waals surface area contributed by atoms with Crippen molar-refractivity contribution in [1.82, 2.24) is 9.88 Å². The molecule has 1 unspecified atom stereocenters. The second-order valence-electron chi connectivity index (χ2n) is 5.60. The standard InChI is InChI=1S/C18H18N2O3/c1-20(2)17(12-6-4-3-5-7-12)15-11-19-16-10-13(23-18(21)22)8-9-14(15)16/h3-11,17,19H,1-2H3,(H,21,22). The maximum atomic E-state index is 10.7. The van der Waals surface area contributed by atoms with Crippen LogP contribution in [0.15, 0.2) is 54.7 Å². The fourth-order valence-corrected chi connectivity index (χ4v) is 2.91. The highest BCUT2D eigenvalue weighted by Gasteiger charge is 2.20. The van der Waals surface area contributed by atoms with Crippen LogP contribution >= 0.6 is 0 Å². The molecular weight excluding hydrogens is 292 g/mol. The molecule has 0 saturated heterocycles. The summed E-state index contributed by atoms with van der Waals surface area (Å²) in [6, 6.07) is 15.6. The van der Waals surface area contributed by atoms with E-state index in [2.05, 4.69) is 22.0 Å². The lowest BCUT2D eigenvalue weighted by Crippen LogP contribution is -2.20. The molecule has 2 aromatic carbocycles. The summed E-state index contributed by atoms with van der Waals surface area (Å²) < 4.78 is 4.71. The molecule has 0 spiro atoms. The molecule has 0 aliphatic rings. The molecule has 1 heterocycles. The number of fused-ring (bicyclic) bond motifs is 1. The van der Waals surface area contributed by atoms with Crippen LogP contribution in [-0.2, 0) is 0 Å². The van der Waals surface area contributed by atoms with Gasteiger partial charge in [-0.15, -0.1) is 0 Å². The zero-order chi connectivity index (χ0) is 16.4. The van der Waals surface area contributed by atoms with E-state index in [9.17, 15) is 4.79 Å². The van der Waals surface area contributed by atoms with E-state index in [-0.39, 0.29) is 6.04 Å². The van der Waals surface area contributed by atoms with E-state index < -0.39 is 6.16 Å². The molecule has 1 aromatic heterocycles. The lowest BCUT2D eigenvalue weighted by Gasteiger charge is -2.24. The summed E-state index contributed by atoms with van der Waals surface area (Å²) in [7, 11) is 4.08. The Morgan fingerprint density at radius 3 is 2.57 bits per heavy atom. The van der Waals surface area contributed by atoms with Crippen molar-refractivity contribution in [3.8, 4) is 5.75 Å². The minimum atomic E-state index is -1.31. The van der Waals surface area contributed by atoms with Crippen LogP contribution in [-0.4, -0.2) is 35.2 Å². The van der Waals surface area contributed by atoms with Crippen LogP contribution in [0, 0.1) is 0 Å². The smallest absolute Gasteiger partial charge is 0.449 e. The highest BCUT2D eigenvalue weighted by Crippen LogP contribution is 2.33. The fourth-order valence-electron chi connectivity index (χ4n) is 2.91. The van der Waals surface area contributed by atoms with E-state index in [1.807, 2.05) is 44.6 Å². The van der Waals surface area contributed by atoms with Gasteiger partial charge in [-0.1, -0.05) is 30.3 Å². The third kappa shape index (κ3) is 3.05. The minimum absolute atomic E-state index is 0.108. The van der Waals surface area contributed by atoms with Gasteiger partial charge < -0.3 is 14.8 Å². The Kier molecular flexibility index (Phi) is 4.04. The first-order valence-electron chi connectivity index (χ1n) is 7.29. The van der Waals surface area contributed by atoms with Crippen LogP contribution < -0.4 is 4.74 Å². The highest BCUT2D eigenvalue weighted by molar-refractivity contribution is 5.85. The molecule has 23 heavy (non-hydrogen) atoms. The predicted molar refractivity (Wildman–Crippen MR) is 88.9 cm³/mol. The van der Waals surface area contributed by atoms with Gasteiger partial charge in [0.15, 0.2) is 0 Å². The molecule has 0 aliphatic carbocycles. The average molecular weight is 310 g/mol. The van der Waals surface area contributed by atoms with Crippen molar-refractivity contribution in [1.29, 1.82) is 0 Å². The average Bonchev–Trinajstić information content (AvgIpc) is 2.91. The molecule has 3 aromatic rings. The molecular formula is C18H18N2O3. The Balaban J connectivity index is 2.06. The molecule has 0 aliphatic heterocycles. The summed E-state index contributed by atoms with van der Waals surface area (Å²) in [5.74, 6) is 0.305. The molecule has 5 nitrogen and oxygen atoms in total. The number of hydrogen-bond donors (Lipinski definition) is 2. The summed E-state index contributed by atoms with van der Waals surface area (Å²) in [5, 5.41) is 9.76. The fraction of sp³-hybridized carbons (Fsp3) is 0.167. The van der Waals surface area contributed by atoms with E-state index in [0.29, 0.717) is 5.75 Å². The predicted octanol–water partition coefficient (Wildman–Crippen LogP) is 3.88. The van der Waals surface area contributed by atoms with Crippen molar-refractivity contribution in [3.05, 3.63) is 65.9 Å². The number of carboxylic acid groups (broad SMARTS) is 1. The topological polar surface area (TPSA) is 65.6 Å². The van der Waals surface area contributed by atoms with Gasteiger partial charge in [-0.25, -0.2) is 4.79 Å². The van der Waals surface area contributed by atoms with Crippen LogP contribution in [0.5, 0.6) is 5.75 Å². The van der Waals surface area contributed by atoms with Gasteiger partial charge in [0.25, 0.3) is 0 Å². The summed E-state index contributed by atoms with van der Waals surface area (Å²) in [6.07, 6.45) is 0.652. The molecule has 5 heteroatoms. The number of H-pyrrole nitrogens is 1. The first-order valence-corrected chi connectivity index (χ1v) is 7.29. The van der Waals surface area contributed by atoms with E-state index in [1.54, 1.807) is 12.1 Å². The van der Waals surface area contributed by atoms with E-state index >= 15 is 0 Å². The Morgan fingerprint density at radius 2 is 1.91 bits per heavy atom. The SMILES string of the molecule is CN(C)C(c1ccccc1)c1c[nH]c2cc(OC(=O)O)ccc12. The maximum absolute atomic E-state index is 10.7. The van der Waals surface area contributed by atoms with Gasteiger partial charge in [0.05, 0.1) is 6.04 Å². The van der Waals surface area contributed by atoms with Crippen LogP contribution in [0.4, 0.5) is 4.79 Å². The third-order valence-corrected chi connectivity index (χ3v) is 3.82. The summed E-state index contributed by atoms with van der Waals surface area (Å²) >= 11 is 0. The maximum Gasteiger partial charge on any atom is 0.511 e. The normalized spacial score (nSPS) is 12.5. The number of carbonyl (C=O) groups is 1. The first kappa shape index (κ1) is 15.1. The van der Waals surface area contributed by atoms with Crippen molar-refractivity contribution in [2.45, 2.75) is 6.04 Å². The number of nitrogens with zero attached hydrogens (tertiary/aromatic N) is 1. The number of hydrogen-bond acceptors (Lipinski definition) is 3. The summed E-state index contributed by atoms with van der Waals surface area (Å²) in [5.41, 5.74) is 3.18. The molecule has 0 radical (unpaired) electrons. The Labute approximate surface area is 134 Å². The van der Waals surface area contributed by atoms with Gasteiger partial charge in [-0.3, -0.25) is 4.90 Å². The molecule has 118 valence electrons. The van der Waals surface area contributed by atoms with Crippen molar-refractivity contribution < 1.29 is 14.6 Å². The van der Waals surface area contributed by atoms with Gasteiger partial charge in [0, 0.05) is 23.2 Å². The molecule has 0 fully saturated rings. The van der Waals surface area contributed by atoms with Crippen LogP contribution in [0.1, 0.15) is 17.2 Å². The molecule has 0 bridgehead atoms. The zero-order valence-corrected chi connectivity index (χ0v) is 13.0. The van der Waals surface area contributed by atoms with Crippen molar-refractivity contribution >= 4 is 17.1 Å². The van der Waals surface area contributed by atoms with E-state index in [4.69, 9.17) is 9.84 Å². The minimum Gasteiger partial charge on any atom is -0.449 e. The Bertz CT molecular complexity index is 825. The van der Waals surface area contributed by atoms with Crippen molar-refractivity contribution in [3.63, 3.8) is 0 Å². The van der Waals surface area contributed by atoms with Crippen LogP contribution in [0.25, 0.3) is 10.9 Å². The van der Waals surface area contributed by atoms with Gasteiger partial charge in [-0.2, -0.15) is 0 Å². The first-order chi connectivity index (χ1) is 11.1. The second-order valence-corrected chi connectivity index (χ2v) is 5.60. The van der Waals surface area contributed by atoms with E-state index in [1.165, 1.54) is 5.56 Å². The number of ether oxygens (including phenoxy) is 1. The number of benzene rings is 2. The van der Waals surface area contributed by atoms with Gasteiger partial charge in [0.2, 0.25) is 0 Å². The molecule has 0 amide bonds. The number of aromatic nitrogens is 1. The van der Waals surface area contributed by atoms with Crippen molar-refractivity contribution in [2.24, 2.45) is 0 Å². The Hall–Kier alpha value is -2.79. The van der Waals surface area contributed by atoms with Crippen LogP contribution in [0.3, 0.4) is 0 Å². The lowest BCUT2D eigenvalue weighted by atomic mass is 9.97. The number of nitrogens with one attached hydrogen (secondary N) is 1. The quantitative estimate of drug-likeness (QED) is 0.567. The van der Waals surface area contributed by atoms with Gasteiger partial charge in [0.1, 0.15) is 5.75 Å². The van der Waals surface area contributed by atoms with Gasteiger partial charge in [-0.05, 0) is 37.4 Å². The van der Waals surface area contributed by atoms with E-state index in [0.717, 1.165) is 16.5 Å². The highest BCUT2D eigenvalue weighted by atomic mass is 16.7. The number of aromatic amines is 1.